The summed E-state index contributed by atoms with van der Waals surface area (Å²) in [4.78, 5) is 35.8. The number of anilines is 1. The highest BCUT2D eigenvalue weighted by molar-refractivity contribution is 7.89. The van der Waals surface area contributed by atoms with E-state index in [-0.39, 0.29) is 16.2 Å². The third-order valence-electron chi connectivity index (χ3n) is 4.06. The van der Waals surface area contributed by atoms with Gasteiger partial charge in [0.25, 0.3) is 5.91 Å². The van der Waals surface area contributed by atoms with Gasteiger partial charge in [-0.05, 0) is 56.3 Å². The molecule has 0 heterocycles. The van der Waals surface area contributed by atoms with Crippen LogP contribution in [0.25, 0.3) is 0 Å². The number of sulfonamides is 1. The van der Waals surface area contributed by atoms with E-state index in [2.05, 4.69) is 5.32 Å². The number of amides is 1. The summed E-state index contributed by atoms with van der Waals surface area (Å²) in [6.45, 7) is 2.84. The van der Waals surface area contributed by atoms with Gasteiger partial charge in [-0.15, -0.1) is 0 Å². The molecule has 0 radical (unpaired) electrons. The third kappa shape index (κ3) is 5.49. The number of carbonyl (C=O) groups excluding carboxylic acids is 3. The number of nitrogens with zero attached hydrogens (tertiary/aromatic N) is 1. The topological polar surface area (TPSA) is 110 Å². The monoisotopic (exact) mass is 418 g/mol. The SMILES string of the molecule is CC(=O)c1ccc(NC(=O)C(C)OC(=O)c2cccc(S(=O)(=O)N(C)C)c2)cc1. The fourth-order valence-electron chi connectivity index (χ4n) is 2.31. The molecular weight excluding hydrogens is 396 g/mol. The predicted octanol–water partition coefficient (Wildman–Crippen LogP) is 2.32. The van der Waals surface area contributed by atoms with Crippen LogP contribution in [0.3, 0.4) is 0 Å². The molecule has 0 aliphatic heterocycles. The summed E-state index contributed by atoms with van der Waals surface area (Å²) in [5.74, 6) is -1.48. The zero-order valence-corrected chi connectivity index (χ0v) is 17.3. The molecule has 2 aromatic carbocycles. The average Bonchev–Trinajstić information content (AvgIpc) is 2.68. The van der Waals surface area contributed by atoms with Crippen molar-refractivity contribution < 1.29 is 27.5 Å². The van der Waals surface area contributed by atoms with Crippen molar-refractivity contribution in [3.63, 3.8) is 0 Å². The average molecular weight is 418 g/mol. The van der Waals surface area contributed by atoms with Gasteiger partial charge >= 0.3 is 5.97 Å². The molecule has 0 fully saturated rings. The molecule has 1 N–H and O–H groups in total. The number of carbonyl (C=O) groups is 3. The lowest BCUT2D eigenvalue weighted by atomic mass is 10.1. The molecule has 154 valence electrons. The van der Waals surface area contributed by atoms with Crippen molar-refractivity contribution in [1.29, 1.82) is 0 Å². The smallest absolute Gasteiger partial charge is 0.338 e. The maximum Gasteiger partial charge on any atom is 0.338 e. The molecular formula is C20H22N2O6S. The van der Waals surface area contributed by atoms with Crippen molar-refractivity contribution in [2.24, 2.45) is 0 Å². The lowest BCUT2D eigenvalue weighted by Gasteiger charge is -2.15. The van der Waals surface area contributed by atoms with Gasteiger partial charge in [-0.25, -0.2) is 17.5 Å². The van der Waals surface area contributed by atoms with Gasteiger partial charge in [-0.3, -0.25) is 9.59 Å². The second-order valence-electron chi connectivity index (χ2n) is 6.49. The Labute approximate surface area is 169 Å². The number of rotatable bonds is 7. The van der Waals surface area contributed by atoms with Gasteiger partial charge in [0.05, 0.1) is 10.5 Å². The van der Waals surface area contributed by atoms with Crippen LogP contribution < -0.4 is 5.32 Å². The van der Waals surface area contributed by atoms with Gasteiger partial charge in [-0.2, -0.15) is 0 Å². The molecule has 0 aliphatic rings. The third-order valence-corrected chi connectivity index (χ3v) is 5.87. The molecule has 0 spiro atoms. The fourth-order valence-corrected chi connectivity index (χ4v) is 3.26. The van der Waals surface area contributed by atoms with E-state index in [9.17, 15) is 22.8 Å². The van der Waals surface area contributed by atoms with E-state index in [0.717, 1.165) is 4.31 Å². The first-order valence-electron chi connectivity index (χ1n) is 8.68. The Bertz CT molecular complexity index is 1030. The zero-order valence-electron chi connectivity index (χ0n) is 16.5. The molecule has 8 nitrogen and oxygen atoms in total. The fraction of sp³-hybridized carbons (Fsp3) is 0.250. The van der Waals surface area contributed by atoms with Crippen LogP contribution in [0.15, 0.2) is 53.4 Å². The molecule has 0 saturated heterocycles. The standard InChI is InChI=1S/C20H22N2O6S/c1-13(23)15-8-10-17(11-9-15)21-19(24)14(2)28-20(25)16-6-5-7-18(12-16)29(26,27)22(3)4/h5-12,14H,1-4H3,(H,21,24). The summed E-state index contributed by atoms with van der Waals surface area (Å²) in [5, 5.41) is 2.59. The number of hydrogen-bond acceptors (Lipinski definition) is 6. The largest absolute Gasteiger partial charge is 0.449 e. The van der Waals surface area contributed by atoms with Crippen LogP contribution in [0.4, 0.5) is 5.69 Å². The summed E-state index contributed by atoms with van der Waals surface area (Å²) < 4.78 is 30.6. The maximum atomic E-state index is 12.3. The van der Waals surface area contributed by atoms with Crippen LogP contribution in [-0.2, 0) is 19.6 Å². The Balaban J connectivity index is 2.06. The number of ether oxygens (including phenoxy) is 1. The Hall–Kier alpha value is -3.04. The lowest BCUT2D eigenvalue weighted by molar-refractivity contribution is -0.123. The highest BCUT2D eigenvalue weighted by Gasteiger charge is 2.22. The van der Waals surface area contributed by atoms with Gasteiger partial charge in [0.2, 0.25) is 10.0 Å². The van der Waals surface area contributed by atoms with E-state index in [4.69, 9.17) is 4.74 Å². The molecule has 0 saturated carbocycles. The van der Waals surface area contributed by atoms with Gasteiger partial charge in [0.1, 0.15) is 0 Å². The normalized spacial score (nSPS) is 12.3. The molecule has 9 heteroatoms. The summed E-state index contributed by atoms with van der Waals surface area (Å²) >= 11 is 0. The van der Waals surface area contributed by atoms with Crippen LogP contribution in [0.5, 0.6) is 0 Å². The maximum absolute atomic E-state index is 12.3. The van der Waals surface area contributed by atoms with Crippen LogP contribution in [0, 0.1) is 0 Å². The van der Waals surface area contributed by atoms with Crippen LogP contribution >= 0.6 is 0 Å². The number of esters is 1. The highest BCUT2D eigenvalue weighted by atomic mass is 32.2. The Morgan fingerprint density at radius 3 is 2.17 bits per heavy atom. The second kappa shape index (κ2) is 8.97. The Morgan fingerprint density at radius 1 is 1.00 bits per heavy atom. The Kier molecular flexibility index (Phi) is 6.89. The summed E-state index contributed by atoms with van der Waals surface area (Å²) in [7, 11) is -0.937. The Morgan fingerprint density at radius 2 is 1.62 bits per heavy atom. The second-order valence-corrected chi connectivity index (χ2v) is 8.64. The predicted molar refractivity (Wildman–Crippen MR) is 107 cm³/mol. The van der Waals surface area contributed by atoms with Crippen molar-refractivity contribution in [2.45, 2.75) is 24.8 Å². The molecule has 1 amide bonds. The molecule has 0 bridgehead atoms. The van der Waals surface area contributed by atoms with Crippen molar-refractivity contribution in [3.8, 4) is 0 Å². The molecule has 0 aliphatic carbocycles. The number of hydrogen-bond donors (Lipinski definition) is 1. The number of nitrogens with one attached hydrogen (secondary N) is 1. The molecule has 29 heavy (non-hydrogen) atoms. The van der Waals surface area contributed by atoms with E-state index < -0.39 is 28.0 Å². The van der Waals surface area contributed by atoms with Gasteiger partial charge in [0, 0.05) is 25.3 Å². The van der Waals surface area contributed by atoms with Gasteiger partial charge in [0.15, 0.2) is 11.9 Å². The van der Waals surface area contributed by atoms with Gasteiger partial charge < -0.3 is 10.1 Å². The van der Waals surface area contributed by atoms with E-state index in [1.807, 2.05) is 0 Å². The summed E-state index contributed by atoms with van der Waals surface area (Å²) in [5.41, 5.74) is 0.968. The molecule has 1 atom stereocenters. The summed E-state index contributed by atoms with van der Waals surface area (Å²) in [6, 6.07) is 11.7. The summed E-state index contributed by atoms with van der Waals surface area (Å²) in [6.07, 6.45) is -1.12. The minimum Gasteiger partial charge on any atom is -0.449 e. The molecule has 2 aromatic rings. The van der Waals surface area contributed by atoms with E-state index >= 15 is 0 Å². The van der Waals surface area contributed by atoms with E-state index in [1.54, 1.807) is 24.3 Å². The first-order valence-corrected chi connectivity index (χ1v) is 10.1. The van der Waals surface area contributed by atoms with Crippen LogP contribution in [0.1, 0.15) is 34.6 Å². The molecule has 0 aromatic heterocycles. The minimum absolute atomic E-state index is 0.0124. The van der Waals surface area contributed by atoms with Crippen LogP contribution in [0.2, 0.25) is 0 Å². The van der Waals surface area contributed by atoms with Crippen molar-refractivity contribution >= 4 is 33.4 Å². The van der Waals surface area contributed by atoms with E-state index in [0.29, 0.717) is 11.3 Å². The quantitative estimate of drug-likeness (QED) is 0.546. The first kappa shape index (κ1) is 22.3. The number of ketones is 1. The number of benzene rings is 2. The van der Waals surface area contributed by atoms with Crippen molar-refractivity contribution in [2.75, 3.05) is 19.4 Å². The molecule has 2 rings (SSSR count). The van der Waals surface area contributed by atoms with Crippen molar-refractivity contribution in [1.82, 2.24) is 4.31 Å². The highest BCUT2D eigenvalue weighted by Crippen LogP contribution is 2.16. The number of Topliss-reactive ketones (excluding diaryl/α,β-unsaturated/α-hetero) is 1. The first-order chi connectivity index (χ1) is 13.5. The van der Waals surface area contributed by atoms with Crippen LogP contribution in [-0.4, -0.2) is 50.6 Å². The van der Waals surface area contributed by atoms with Gasteiger partial charge in [-0.1, -0.05) is 6.07 Å². The minimum atomic E-state index is -3.71. The lowest BCUT2D eigenvalue weighted by Crippen LogP contribution is -2.30. The zero-order chi connectivity index (χ0) is 21.8. The van der Waals surface area contributed by atoms with Crippen molar-refractivity contribution in [3.05, 3.63) is 59.7 Å². The van der Waals surface area contributed by atoms with E-state index in [1.165, 1.54) is 52.2 Å². The molecule has 1 unspecified atom stereocenters.